The Morgan fingerprint density at radius 1 is 0.968 bits per heavy atom. The number of unbranched alkanes of at least 4 members (excludes halogenated alkanes) is 1. The molecule has 1 atom stereocenters. The molecule has 0 radical (unpaired) electrons. The van der Waals surface area contributed by atoms with Crippen LogP contribution in [0.1, 0.15) is 35.0 Å². The number of rotatable bonds is 9. The van der Waals surface area contributed by atoms with Crippen LogP contribution < -0.4 is 10.4 Å². The van der Waals surface area contributed by atoms with E-state index in [1.165, 1.54) is 16.4 Å². The van der Waals surface area contributed by atoms with E-state index < -0.39 is 24.6 Å². The summed E-state index contributed by atoms with van der Waals surface area (Å²) in [5, 5.41) is 9.95. The van der Waals surface area contributed by atoms with Gasteiger partial charge in [0, 0.05) is 6.61 Å². The van der Waals surface area contributed by atoms with Crippen molar-refractivity contribution in [3.63, 3.8) is 0 Å². The maximum atomic E-state index is 7.82. The standard InChI is InChI=1S/C24H30Cl3NO2Si/c1-23(2,3)31(20-14-8-6-9-15-20,21-16-10-7-11-17-21)30-19-13-5-4-12-18-29-22(28)24(25,26)27/h4,6-12,14-17,28H,5,13,18-19H2,1-3H3/b12-4-,28-22?/i18D/t18-/m0/s1. The zero-order chi connectivity index (χ0) is 23.8. The molecule has 0 spiro atoms. The van der Waals surface area contributed by atoms with E-state index in [9.17, 15) is 0 Å². The second-order valence-corrected chi connectivity index (χ2v) is 14.7. The Labute approximate surface area is 203 Å². The van der Waals surface area contributed by atoms with E-state index in [2.05, 4.69) is 69.3 Å². The average molecular weight is 500 g/mol. The maximum absolute atomic E-state index is 7.82. The smallest absolute Gasteiger partial charge is 0.265 e. The van der Waals surface area contributed by atoms with Gasteiger partial charge in [0.15, 0.2) is 0 Å². The quantitative estimate of drug-likeness (QED) is 0.110. The minimum absolute atomic E-state index is 0.0663. The van der Waals surface area contributed by atoms with Crippen molar-refractivity contribution in [2.45, 2.75) is 42.4 Å². The van der Waals surface area contributed by atoms with Crippen LogP contribution in [-0.2, 0) is 9.16 Å². The lowest BCUT2D eigenvalue weighted by atomic mass is 10.2. The molecule has 168 valence electrons. The van der Waals surface area contributed by atoms with E-state index in [1.807, 2.05) is 18.2 Å². The van der Waals surface area contributed by atoms with Gasteiger partial charge in [-0.1, -0.05) is 128 Å². The highest BCUT2D eigenvalue weighted by Gasteiger charge is 2.49. The molecule has 1 N–H and O–H groups in total. The summed E-state index contributed by atoms with van der Waals surface area (Å²) >= 11 is 16.7. The SMILES string of the molecule is [2H][C@@H](/C=C\CCCO[Si](c1ccccc1)(c1ccccc1)C(C)(C)C)OC(=N)C(Cl)(Cl)Cl. The first-order valence-electron chi connectivity index (χ1n) is 10.7. The lowest BCUT2D eigenvalue weighted by Gasteiger charge is -2.43. The molecule has 3 nitrogen and oxygen atoms in total. The minimum Gasteiger partial charge on any atom is -0.474 e. The van der Waals surface area contributed by atoms with Crippen LogP contribution in [0.4, 0.5) is 0 Å². The second kappa shape index (κ2) is 11.5. The summed E-state index contributed by atoms with van der Waals surface area (Å²) in [6, 6.07) is 21.0. The molecule has 2 aromatic rings. The third-order valence-corrected chi connectivity index (χ3v) is 10.5. The third kappa shape index (κ3) is 7.09. The lowest BCUT2D eigenvalue weighted by molar-refractivity contribution is 0.292. The van der Waals surface area contributed by atoms with E-state index in [0.717, 1.165) is 6.42 Å². The van der Waals surface area contributed by atoms with E-state index in [0.29, 0.717) is 13.0 Å². The molecule has 0 fully saturated rings. The van der Waals surface area contributed by atoms with Gasteiger partial charge in [-0.15, -0.1) is 0 Å². The first kappa shape index (κ1) is 24.3. The summed E-state index contributed by atoms with van der Waals surface area (Å²) in [7, 11) is -2.53. The van der Waals surface area contributed by atoms with Crippen molar-refractivity contribution in [2.24, 2.45) is 0 Å². The summed E-state index contributed by atoms with van der Waals surface area (Å²) < 4.78 is 17.7. The minimum atomic E-state index is -2.53. The van der Waals surface area contributed by atoms with Gasteiger partial charge < -0.3 is 9.16 Å². The third-order valence-electron chi connectivity index (χ3n) is 4.91. The fourth-order valence-corrected chi connectivity index (χ4v) is 8.25. The Kier molecular flexibility index (Phi) is 9.05. The van der Waals surface area contributed by atoms with Gasteiger partial charge in [0.2, 0.25) is 5.90 Å². The molecule has 7 heteroatoms. The van der Waals surface area contributed by atoms with Gasteiger partial charge in [-0.25, -0.2) is 0 Å². The lowest BCUT2D eigenvalue weighted by Crippen LogP contribution is -2.66. The zero-order valence-electron chi connectivity index (χ0n) is 19.1. The molecule has 0 aromatic heterocycles. The van der Waals surface area contributed by atoms with Crippen molar-refractivity contribution in [1.82, 2.24) is 0 Å². The first-order chi connectivity index (χ1) is 15.0. The summed E-state index contributed by atoms with van der Waals surface area (Å²) in [5.41, 5.74) is 0. The Morgan fingerprint density at radius 3 is 1.94 bits per heavy atom. The molecule has 0 saturated carbocycles. The highest BCUT2D eigenvalue weighted by molar-refractivity contribution is 6.99. The molecule has 0 aliphatic heterocycles. The highest BCUT2D eigenvalue weighted by atomic mass is 35.6. The number of ether oxygens (including phenoxy) is 1. The maximum Gasteiger partial charge on any atom is 0.265 e. The summed E-state index contributed by atoms with van der Waals surface area (Å²) in [6.07, 6.45) is 4.86. The fraction of sp³-hybridized carbons (Fsp3) is 0.375. The van der Waals surface area contributed by atoms with Crippen LogP contribution in [-0.4, -0.2) is 31.2 Å². The molecule has 0 unspecified atom stereocenters. The summed E-state index contributed by atoms with van der Waals surface area (Å²) in [6.45, 7) is 6.24. The number of allylic oxidation sites excluding steroid dienone is 1. The summed E-state index contributed by atoms with van der Waals surface area (Å²) in [4.78, 5) is 0. The van der Waals surface area contributed by atoms with Crippen LogP contribution in [0.5, 0.6) is 0 Å². The summed E-state index contributed by atoms with van der Waals surface area (Å²) in [5.74, 6) is -0.567. The monoisotopic (exact) mass is 498 g/mol. The molecule has 0 amide bonds. The topological polar surface area (TPSA) is 42.3 Å². The van der Waals surface area contributed by atoms with Crippen LogP contribution in [0.25, 0.3) is 0 Å². The Hall–Kier alpha value is -1.30. The fourth-order valence-electron chi connectivity index (χ4n) is 3.51. The van der Waals surface area contributed by atoms with E-state index in [1.54, 1.807) is 0 Å². The van der Waals surface area contributed by atoms with Crippen LogP contribution in [0.15, 0.2) is 72.8 Å². The van der Waals surface area contributed by atoms with Gasteiger partial charge in [-0.05, 0) is 28.3 Å². The van der Waals surface area contributed by atoms with Gasteiger partial charge in [0.05, 0.1) is 1.37 Å². The number of hydrogen-bond donors (Lipinski definition) is 1. The van der Waals surface area contributed by atoms with Crippen molar-refractivity contribution >= 4 is 59.4 Å². The van der Waals surface area contributed by atoms with Gasteiger partial charge in [0.25, 0.3) is 12.1 Å². The molecular formula is C24H30Cl3NO2Si. The molecule has 0 saturated heterocycles. The van der Waals surface area contributed by atoms with Crippen molar-refractivity contribution < 1.29 is 10.5 Å². The van der Waals surface area contributed by atoms with Crippen LogP contribution >= 0.6 is 34.8 Å². The van der Waals surface area contributed by atoms with Crippen LogP contribution in [0.2, 0.25) is 5.04 Å². The molecule has 0 aliphatic carbocycles. The van der Waals surface area contributed by atoms with Crippen molar-refractivity contribution in [3.8, 4) is 0 Å². The van der Waals surface area contributed by atoms with Gasteiger partial charge in [0.1, 0.15) is 6.58 Å². The van der Waals surface area contributed by atoms with Crippen molar-refractivity contribution in [2.75, 3.05) is 13.2 Å². The van der Waals surface area contributed by atoms with Crippen LogP contribution in [0, 0.1) is 5.41 Å². The predicted molar refractivity (Wildman–Crippen MR) is 136 cm³/mol. The second-order valence-electron chi connectivity index (χ2n) is 8.16. The Bertz CT molecular complexity index is 844. The molecule has 0 aliphatic rings. The first-order valence-corrected chi connectivity index (χ1v) is 13.2. The van der Waals surface area contributed by atoms with E-state index >= 15 is 0 Å². The normalized spacial score (nSPS) is 14.3. The van der Waals surface area contributed by atoms with Crippen LogP contribution in [0.3, 0.4) is 0 Å². The molecular weight excluding hydrogens is 469 g/mol. The zero-order valence-corrected chi connectivity index (χ0v) is 21.3. The number of hydrogen-bond acceptors (Lipinski definition) is 3. The predicted octanol–water partition coefficient (Wildman–Crippen LogP) is 6.26. The molecule has 0 bridgehead atoms. The molecule has 2 aromatic carbocycles. The molecule has 31 heavy (non-hydrogen) atoms. The number of halogens is 3. The van der Waals surface area contributed by atoms with Gasteiger partial charge in [-0.3, -0.25) is 5.41 Å². The molecule has 2 rings (SSSR count). The number of alkyl halides is 3. The molecule has 0 heterocycles. The van der Waals surface area contributed by atoms with E-state index in [4.69, 9.17) is 50.7 Å². The van der Waals surface area contributed by atoms with Crippen molar-refractivity contribution in [1.29, 1.82) is 5.41 Å². The van der Waals surface area contributed by atoms with Gasteiger partial charge >= 0.3 is 0 Å². The Morgan fingerprint density at radius 2 is 1.48 bits per heavy atom. The largest absolute Gasteiger partial charge is 0.474 e. The average Bonchev–Trinajstić information content (AvgIpc) is 2.73. The Balaban J connectivity index is 2.08. The van der Waals surface area contributed by atoms with E-state index in [-0.39, 0.29) is 5.04 Å². The number of benzene rings is 2. The van der Waals surface area contributed by atoms with Gasteiger partial charge in [-0.2, -0.15) is 0 Å². The van der Waals surface area contributed by atoms with Crippen molar-refractivity contribution in [3.05, 3.63) is 72.8 Å². The number of nitrogens with one attached hydrogen (secondary N) is 1. The highest BCUT2D eigenvalue weighted by Crippen LogP contribution is 2.36.